The average molecular weight is 314 g/mol. The number of rotatable bonds is 4. The van der Waals surface area contributed by atoms with Gasteiger partial charge in [0.25, 0.3) is 0 Å². The molecular formula is C14H20BrNO2. The van der Waals surface area contributed by atoms with E-state index < -0.39 is 0 Å². The van der Waals surface area contributed by atoms with E-state index in [9.17, 15) is 10.2 Å². The van der Waals surface area contributed by atoms with Gasteiger partial charge in [0.05, 0.1) is 6.10 Å². The van der Waals surface area contributed by atoms with Crippen LogP contribution in [0.5, 0.6) is 5.75 Å². The number of hydrogen-bond donors (Lipinski definition) is 3. The summed E-state index contributed by atoms with van der Waals surface area (Å²) in [4.78, 5) is 0. The molecule has 3 nitrogen and oxygen atoms in total. The third-order valence-electron chi connectivity index (χ3n) is 3.55. The molecule has 4 heteroatoms. The lowest BCUT2D eigenvalue weighted by molar-refractivity contribution is 0.101. The van der Waals surface area contributed by atoms with Gasteiger partial charge in [-0.05, 0) is 49.9 Å². The number of aromatic hydroxyl groups is 1. The summed E-state index contributed by atoms with van der Waals surface area (Å²) in [6.07, 6.45) is 4.04. The highest BCUT2D eigenvalue weighted by Gasteiger charge is 2.19. The molecule has 1 aliphatic rings. The van der Waals surface area contributed by atoms with Gasteiger partial charge in [-0.25, -0.2) is 0 Å². The summed E-state index contributed by atoms with van der Waals surface area (Å²) in [6, 6.07) is 5.46. The molecule has 0 bridgehead atoms. The Hall–Kier alpha value is -0.580. The first-order valence-corrected chi connectivity index (χ1v) is 7.30. The molecule has 1 fully saturated rings. The monoisotopic (exact) mass is 313 g/mol. The average Bonchev–Trinajstić information content (AvgIpc) is 2.34. The molecule has 0 radical (unpaired) electrons. The van der Waals surface area contributed by atoms with E-state index >= 15 is 0 Å². The molecule has 1 aromatic rings. The molecule has 2 rings (SSSR count). The number of aliphatic hydroxyl groups excluding tert-OH is 1. The molecule has 2 unspecified atom stereocenters. The van der Waals surface area contributed by atoms with E-state index in [2.05, 4.69) is 21.2 Å². The second kappa shape index (κ2) is 6.55. The quantitative estimate of drug-likeness (QED) is 0.801. The molecule has 2 atom stereocenters. The van der Waals surface area contributed by atoms with Crippen LogP contribution in [0.15, 0.2) is 22.7 Å². The Morgan fingerprint density at radius 1 is 1.33 bits per heavy atom. The maximum atomic E-state index is 9.71. The standard InChI is InChI=1S/C14H20BrNO2/c15-12-4-5-14(18)11(7-12)9-16-8-10-2-1-3-13(17)6-10/h4-5,7,10,13,16-18H,1-3,6,8-9H2. The summed E-state index contributed by atoms with van der Waals surface area (Å²) in [6.45, 7) is 1.57. The molecule has 100 valence electrons. The predicted octanol–water partition coefficient (Wildman–Crippen LogP) is 2.80. The molecule has 1 saturated carbocycles. The van der Waals surface area contributed by atoms with Gasteiger partial charge >= 0.3 is 0 Å². The number of phenols is 1. The van der Waals surface area contributed by atoms with Crippen LogP contribution in [0.25, 0.3) is 0 Å². The normalized spacial score (nSPS) is 24.1. The van der Waals surface area contributed by atoms with Gasteiger partial charge in [-0.2, -0.15) is 0 Å². The second-order valence-electron chi connectivity index (χ2n) is 5.09. The molecule has 0 saturated heterocycles. The van der Waals surface area contributed by atoms with Gasteiger partial charge in [0.1, 0.15) is 5.75 Å². The molecule has 1 aromatic carbocycles. The second-order valence-corrected chi connectivity index (χ2v) is 6.01. The van der Waals surface area contributed by atoms with E-state index in [0.29, 0.717) is 18.2 Å². The van der Waals surface area contributed by atoms with Crippen LogP contribution in [0.3, 0.4) is 0 Å². The Morgan fingerprint density at radius 3 is 2.94 bits per heavy atom. The van der Waals surface area contributed by atoms with E-state index in [1.807, 2.05) is 12.1 Å². The smallest absolute Gasteiger partial charge is 0.120 e. The van der Waals surface area contributed by atoms with Gasteiger partial charge in [-0.3, -0.25) is 0 Å². The van der Waals surface area contributed by atoms with Crippen molar-refractivity contribution in [2.75, 3.05) is 6.54 Å². The van der Waals surface area contributed by atoms with Crippen LogP contribution in [-0.4, -0.2) is 22.9 Å². The SMILES string of the molecule is Oc1ccc(Br)cc1CNCC1CCCC(O)C1. The van der Waals surface area contributed by atoms with Gasteiger partial charge in [0.15, 0.2) is 0 Å². The summed E-state index contributed by atoms with van der Waals surface area (Å²) in [5.74, 6) is 0.887. The van der Waals surface area contributed by atoms with Gasteiger partial charge in [-0.1, -0.05) is 22.4 Å². The number of aliphatic hydroxyl groups is 1. The lowest BCUT2D eigenvalue weighted by Gasteiger charge is -2.26. The highest BCUT2D eigenvalue weighted by molar-refractivity contribution is 9.10. The predicted molar refractivity (Wildman–Crippen MR) is 75.5 cm³/mol. The zero-order valence-electron chi connectivity index (χ0n) is 10.4. The summed E-state index contributed by atoms with van der Waals surface area (Å²) < 4.78 is 0.977. The van der Waals surface area contributed by atoms with Crippen LogP contribution in [0.2, 0.25) is 0 Å². The van der Waals surface area contributed by atoms with Crippen LogP contribution < -0.4 is 5.32 Å². The van der Waals surface area contributed by atoms with Crippen LogP contribution in [-0.2, 0) is 6.54 Å². The zero-order valence-corrected chi connectivity index (χ0v) is 12.0. The number of halogens is 1. The molecule has 1 aliphatic carbocycles. The summed E-state index contributed by atoms with van der Waals surface area (Å²) >= 11 is 3.40. The van der Waals surface area contributed by atoms with Gasteiger partial charge in [0.2, 0.25) is 0 Å². The molecule has 18 heavy (non-hydrogen) atoms. The van der Waals surface area contributed by atoms with Crippen molar-refractivity contribution in [3.8, 4) is 5.75 Å². The third kappa shape index (κ3) is 3.97. The number of nitrogens with one attached hydrogen (secondary N) is 1. The van der Waals surface area contributed by atoms with Crippen LogP contribution >= 0.6 is 15.9 Å². The van der Waals surface area contributed by atoms with Gasteiger partial charge in [0, 0.05) is 16.6 Å². The first kappa shape index (κ1) is 13.8. The largest absolute Gasteiger partial charge is 0.508 e. The van der Waals surface area contributed by atoms with E-state index in [1.54, 1.807) is 6.07 Å². The molecule has 0 aliphatic heterocycles. The topological polar surface area (TPSA) is 52.5 Å². The molecular weight excluding hydrogens is 294 g/mol. The number of phenolic OH excluding ortho intramolecular Hbond substituents is 1. The van der Waals surface area contributed by atoms with Crippen molar-refractivity contribution in [1.82, 2.24) is 5.32 Å². The Bertz CT molecular complexity index is 397. The fraction of sp³-hybridized carbons (Fsp3) is 0.571. The Labute approximate surface area is 116 Å². The minimum Gasteiger partial charge on any atom is -0.508 e. The van der Waals surface area contributed by atoms with Crippen molar-refractivity contribution in [3.05, 3.63) is 28.2 Å². The summed E-state index contributed by atoms with van der Waals surface area (Å²) in [5, 5.41) is 22.7. The van der Waals surface area contributed by atoms with Crippen molar-refractivity contribution in [2.24, 2.45) is 5.92 Å². The lowest BCUT2D eigenvalue weighted by atomic mass is 9.87. The first-order valence-electron chi connectivity index (χ1n) is 6.51. The van der Waals surface area contributed by atoms with Crippen molar-refractivity contribution >= 4 is 15.9 Å². The van der Waals surface area contributed by atoms with E-state index in [-0.39, 0.29) is 6.10 Å². The lowest BCUT2D eigenvalue weighted by Crippen LogP contribution is -2.28. The van der Waals surface area contributed by atoms with E-state index in [1.165, 1.54) is 6.42 Å². The molecule has 0 spiro atoms. The fourth-order valence-corrected chi connectivity index (χ4v) is 2.96. The molecule has 0 amide bonds. The third-order valence-corrected chi connectivity index (χ3v) is 4.04. The molecule has 3 N–H and O–H groups in total. The summed E-state index contributed by atoms with van der Waals surface area (Å²) in [7, 11) is 0. The number of hydrogen-bond acceptors (Lipinski definition) is 3. The molecule has 0 heterocycles. The maximum absolute atomic E-state index is 9.71. The van der Waals surface area contributed by atoms with Crippen LogP contribution in [0.1, 0.15) is 31.2 Å². The van der Waals surface area contributed by atoms with Crippen molar-refractivity contribution in [3.63, 3.8) is 0 Å². The van der Waals surface area contributed by atoms with E-state index in [0.717, 1.165) is 35.8 Å². The fourth-order valence-electron chi connectivity index (χ4n) is 2.55. The molecule has 0 aromatic heterocycles. The van der Waals surface area contributed by atoms with Crippen molar-refractivity contribution in [1.29, 1.82) is 0 Å². The Morgan fingerprint density at radius 2 is 2.17 bits per heavy atom. The highest BCUT2D eigenvalue weighted by Crippen LogP contribution is 2.24. The maximum Gasteiger partial charge on any atom is 0.120 e. The highest BCUT2D eigenvalue weighted by atomic mass is 79.9. The van der Waals surface area contributed by atoms with Crippen LogP contribution in [0, 0.1) is 5.92 Å². The van der Waals surface area contributed by atoms with Gasteiger partial charge in [-0.15, -0.1) is 0 Å². The van der Waals surface area contributed by atoms with E-state index in [4.69, 9.17) is 0 Å². The van der Waals surface area contributed by atoms with Gasteiger partial charge < -0.3 is 15.5 Å². The van der Waals surface area contributed by atoms with Crippen molar-refractivity contribution in [2.45, 2.75) is 38.3 Å². The summed E-state index contributed by atoms with van der Waals surface area (Å²) in [5.41, 5.74) is 0.903. The van der Waals surface area contributed by atoms with Crippen LogP contribution in [0.4, 0.5) is 0 Å². The minimum atomic E-state index is -0.121. The first-order chi connectivity index (χ1) is 8.65. The Kier molecular flexibility index (Phi) is 5.03. The van der Waals surface area contributed by atoms with Crippen molar-refractivity contribution < 1.29 is 10.2 Å². The number of benzene rings is 1. The zero-order chi connectivity index (χ0) is 13.0. The Balaban J connectivity index is 1.79. The minimum absolute atomic E-state index is 0.121.